The fraction of sp³-hybridized carbons (Fsp3) is 0.273. The molecule has 29 heavy (non-hydrogen) atoms. The van der Waals surface area contributed by atoms with Crippen LogP contribution in [0, 0.1) is 3.57 Å². The molecule has 3 aromatic rings. The first-order chi connectivity index (χ1) is 13.7. The summed E-state index contributed by atoms with van der Waals surface area (Å²) in [5.41, 5.74) is 2.45. The third-order valence-electron chi connectivity index (χ3n) is 4.13. The Balaban J connectivity index is 1.86. The van der Waals surface area contributed by atoms with Crippen LogP contribution in [0.1, 0.15) is 38.2 Å². The summed E-state index contributed by atoms with van der Waals surface area (Å²) in [7, 11) is 0. The lowest BCUT2D eigenvalue weighted by Gasteiger charge is -2.23. The molecule has 0 saturated carbocycles. The van der Waals surface area contributed by atoms with Crippen molar-refractivity contribution < 1.29 is 9.53 Å². The molecule has 1 amide bonds. The summed E-state index contributed by atoms with van der Waals surface area (Å²) in [6.45, 7) is 5.54. The summed E-state index contributed by atoms with van der Waals surface area (Å²) < 4.78 is 7.62. The second kappa shape index (κ2) is 9.30. The minimum Gasteiger partial charge on any atom is -0.444 e. The number of ether oxygens (including phenoxy) is 1. The fourth-order valence-corrected chi connectivity index (χ4v) is 3.61. The van der Waals surface area contributed by atoms with Crippen LogP contribution in [0.25, 0.3) is 11.3 Å². The number of hydrogen-bond acceptors (Lipinski definition) is 3. The van der Waals surface area contributed by atoms with Crippen molar-refractivity contribution in [3.8, 4) is 11.3 Å². The van der Waals surface area contributed by atoms with Gasteiger partial charge in [-0.2, -0.15) is 0 Å². The van der Waals surface area contributed by atoms with Crippen LogP contribution in [-0.2, 0) is 11.2 Å². The monoisotopic (exact) mass is 567 g/mol. The lowest BCUT2D eigenvalue weighted by molar-refractivity contribution is 0.0501. The molecule has 0 saturated heterocycles. The Hall–Kier alpha value is -1.87. The van der Waals surface area contributed by atoms with Gasteiger partial charge in [-0.3, -0.25) is 0 Å². The molecular weight excluding hydrogens is 545 g/mol. The second-order valence-corrected chi connectivity index (χ2v) is 9.72. The highest BCUT2D eigenvalue weighted by molar-refractivity contribution is 14.1. The smallest absolute Gasteiger partial charge is 0.408 e. The van der Waals surface area contributed by atoms with Crippen molar-refractivity contribution in [1.29, 1.82) is 0 Å². The Bertz CT molecular complexity index is 983. The number of amides is 1. The Labute approximate surface area is 192 Å². The molecule has 0 aliphatic heterocycles. The van der Waals surface area contributed by atoms with Gasteiger partial charge in [-0.15, -0.1) is 0 Å². The molecule has 0 spiro atoms. The third kappa shape index (κ3) is 6.30. The van der Waals surface area contributed by atoms with Crippen LogP contribution in [0.4, 0.5) is 4.79 Å². The van der Waals surface area contributed by atoms with E-state index >= 15 is 0 Å². The Kier molecular flexibility index (Phi) is 7.00. The number of halogens is 2. The number of carbonyl (C=O) groups is 1. The summed E-state index contributed by atoms with van der Waals surface area (Å²) in [6.07, 6.45) is 1.90. The zero-order valence-electron chi connectivity index (χ0n) is 16.5. The van der Waals surface area contributed by atoms with Crippen molar-refractivity contribution in [3.05, 3.63) is 74.2 Å². The number of benzene rings is 2. The van der Waals surface area contributed by atoms with Gasteiger partial charge in [0.15, 0.2) is 0 Å². The number of nitrogens with zero attached hydrogens (tertiary/aromatic N) is 1. The highest BCUT2D eigenvalue weighted by atomic mass is 127. The summed E-state index contributed by atoms with van der Waals surface area (Å²) in [6, 6.07) is 15.8. The Morgan fingerprint density at radius 3 is 2.62 bits per heavy atom. The van der Waals surface area contributed by atoms with Gasteiger partial charge in [-0.05, 0) is 82.6 Å². The molecule has 2 N–H and O–H groups in total. The summed E-state index contributed by atoms with van der Waals surface area (Å²) in [5.74, 6) is 0.685. The van der Waals surface area contributed by atoms with E-state index in [1.807, 2.05) is 57.2 Å². The number of rotatable bonds is 5. The van der Waals surface area contributed by atoms with Crippen LogP contribution in [0.15, 0.2) is 59.2 Å². The molecule has 0 aliphatic carbocycles. The van der Waals surface area contributed by atoms with Crippen LogP contribution in [0.2, 0.25) is 0 Å². The maximum atomic E-state index is 12.4. The van der Waals surface area contributed by atoms with Crippen LogP contribution in [-0.4, -0.2) is 21.7 Å². The molecule has 2 aromatic carbocycles. The molecule has 1 atom stereocenters. The van der Waals surface area contributed by atoms with Crippen LogP contribution in [0.3, 0.4) is 0 Å². The number of H-pyrrole nitrogens is 1. The van der Waals surface area contributed by atoms with Gasteiger partial charge in [0.25, 0.3) is 0 Å². The molecule has 0 radical (unpaired) electrons. The van der Waals surface area contributed by atoms with Crippen molar-refractivity contribution in [3.63, 3.8) is 0 Å². The molecule has 1 heterocycles. The molecule has 0 aliphatic rings. The summed E-state index contributed by atoms with van der Waals surface area (Å²) in [4.78, 5) is 20.3. The van der Waals surface area contributed by atoms with Gasteiger partial charge in [-0.1, -0.05) is 36.4 Å². The van der Waals surface area contributed by atoms with Gasteiger partial charge in [0.05, 0.1) is 17.9 Å². The van der Waals surface area contributed by atoms with Crippen molar-refractivity contribution in [2.75, 3.05) is 0 Å². The Morgan fingerprint density at radius 2 is 1.97 bits per heavy atom. The van der Waals surface area contributed by atoms with Gasteiger partial charge in [-0.25, -0.2) is 9.78 Å². The minimum absolute atomic E-state index is 0.353. The Morgan fingerprint density at radius 1 is 1.24 bits per heavy atom. The zero-order chi connectivity index (χ0) is 21.0. The van der Waals surface area contributed by atoms with E-state index in [-0.39, 0.29) is 6.04 Å². The quantitative estimate of drug-likeness (QED) is 0.358. The van der Waals surface area contributed by atoms with E-state index in [4.69, 9.17) is 4.74 Å². The number of aromatic nitrogens is 2. The molecular formula is C22H23BrIN3O2. The maximum Gasteiger partial charge on any atom is 0.408 e. The van der Waals surface area contributed by atoms with E-state index in [1.54, 1.807) is 6.20 Å². The molecule has 7 heteroatoms. The number of nitrogens with one attached hydrogen (secondary N) is 2. The van der Waals surface area contributed by atoms with Crippen LogP contribution >= 0.6 is 38.5 Å². The number of carbonyl (C=O) groups excluding carboxylic acids is 1. The predicted molar refractivity (Wildman–Crippen MR) is 127 cm³/mol. The minimum atomic E-state index is -0.571. The van der Waals surface area contributed by atoms with Crippen molar-refractivity contribution in [1.82, 2.24) is 15.3 Å². The molecule has 3 rings (SSSR count). The molecule has 1 aromatic heterocycles. The average Bonchev–Trinajstić information content (AvgIpc) is 3.13. The van der Waals surface area contributed by atoms with Crippen molar-refractivity contribution in [2.24, 2.45) is 0 Å². The van der Waals surface area contributed by atoms with E-state index in [2.05, 4.69) is 65.9 Å². The van der Waals surface area contributed by atoms with Gasteiger partial charge in [0, 0.05) is 14.5 Å². The molecule has 0 bridgehead atoms. The van der Waals surface area contributed by atoms with E-state index in [0.717, 1.165) is 24.9 Å². The van der Waals surface area contributed by atoms with Crippen molar-refractivity contribution in [2.45, 2.75) is 38.8 Å². The topological polar surface area (TPSA) is 67.0 Å². The molecule has 152 valence electrons. The maximum absolute atomic E-state index is 12.4. The lowest BCUT2D eigenvalue weighted by Crippen LogP contribution is -2.36. The highest BCUT2D eigenvalue weighted by Crippen LogP contribution is 2.25. The number of imidazole rings is 1. The second-order valence-electron chi connectivity index (χ2n) is 7.70. The number of hydrogen-bond donors (Lipinski definition) is 2. The van der Waals surface area contributed by atoms with Gasteiger partial charge < -0.3 is 15.0 Å². The zero-order valence-corrected chi connectivity index (χ0v) is 20.2. The van der Waals surface area contributed by atoms with E-state index < -0.39 is 11.7 Å². The normalized spacial score (nSPS) is 12.4. The largest absolute Gasteiger partial charge is 0.444 e. The van der Waals surface area contributed by atoms with Crippen LogP contribution < -0.4 is 5.32 Å². The number of aromatic amines is 1. The first kappa shape index (κ1) is 21.8. The van der Waals surface area contributed by atoms with Gasteiger partial charge in [0.2, 0.25) is 0 Å². The predicted octanol–water partition coefficient (Wildman–Crippen LogP) is 6.25. The SMILES string of the molecule is CC(C)(C)OC(=O)N[C@@H](Cc1ccc(I)c(Br)c1)c1ncc(-c2ccccc2)[nH]1. The highest BCUT2D eigenvalue weighted by Gasteiger charge is 2.23. The first-order valence-corrected chi connectivity index (χ1v) is 11.1. The summed E-state index contributed by atoms with van der Waals surface area (Å²) in [5, 5.41) is 2.97. The first-order valence-electron chi connectivity index (χ1n) is 9.25. The average molecular weight is 568 g/mol. The molecule has 0 fully saturated rings. The lowest BCUT2D eigenvalue weighted by atomic mass is 10.1. The summed E-state index contributed by atoms with van der Waals surface area (Å²) >= 11 is 5.85. The van der Waals surface area contributed by atoms with Gasteiger partial charge in [0.1, 0.15) is 11.4 Å². The van der Waals surface area contributed by atoms with Crippen LogP contribution in [0.5, 0.6) is 0 Å². The van der Waals surface area contributed by atoms with E-state index in [9.17, 15) is 4.79 Å². The third-order valence-corrected chi connectivity index (χ3v) is 6.46. The fourth-order valence-electron chi connectivity index (χ4n) is 2.85. The van der Waals surface area contributed by atoms with E-state index in [0.29, 0.717) is 12.2 Å². The van der Waals surface area contributed by atoms with Crippen molar-refractivity contribution >= 4 is 44.6 Å². The van der Waals surface area contributed by atoms with E-state index in [1.165, 1.54) is 0 Å². The standard InChI is InChI=1S/C22H23BrIN3O2/c1-22(2,3)29-21(28)27-18(12-14-9-10-17(24)16(23)11-14)20-25-13-19(26-20)15-7-5-4-6-8-15/h4-11,13,18H,12H2,1-3H3,(H,25,26)(H,27,28)/t18-/m0/s1. The molecule has 0 unspecified atom stereocenters. The van der Waals surface area contributed by atoms with Gasteiger partial charge >= 0.3 is 6.09 Å². The molecule has 5 nitrogen and oxygen atoms in total. The number of alkyl carbamates (subject to hydrolysis) is 1.